The van der Waals surface area contributed by atoms with Crippen molar-refractivity contribution in [3.05, 3.63) is 76.0 Å². The number of hydrogen-bond acceptors (Lipinski definition) is 4. The average molecular weight is 455 g/mol. The molecule has 0 aliphatic carbocycles. The summed E-state index contributed by atoms with van der Waals surface area (Å²) in [5.41, 5.74) is 3.08. The number of aryl methyl sites for hydroxylation is 1. The zero-order valence-electron chi connectivity index (χ0n) is 15.6. The second kappa shape index (κ2) is 7.67. The molecule has 0 bridgehead atoms. The molecule has 5 nitrogen and oxygen atoms in total. The van der Waals surface area contributed by atoms with Gasteiger partial charge in [-0.3, -0.25) is 4.79 Å². The number of carbonyl (C=O) groups excluding carboxylic acids is 1. The summed E-state index contributed by atoms with van der Waals surface area (Å²) in [6.45, 7) is 1.87. The third-order valence-corrected chi connectivity index (χ3v) is 4.90. The molecule has 0 spiro atoms. The van der Waals surface area contributed by atoms with E-state index < -0.39 is 5.82 Å². The highest BCUT2D eigenvalue weighted by atomic mass is 79.9. The van der Waals surface area contributed by atoms with Gasteiger partial charge in [0.15, 0.2) is 5.58 Å². The lowest BCUT2D eigenvalue weighted by Gasteiger charge is -2.12. The molecule has 0 atom stereocenters. The van der Waals surface area contributed by atoms with Gasteiger partial charge in [-0.05, 0) is 55.0 Å². The number of oxazole rings is 1. The molecule has 4 aromatic rings. The molecular weight excluding hydrogens is 439 g/mol. The molecule has 0 saturated carbocycles. The summed E-state index contributed by atoms with van der Waals surface area (Å²) in [7, 11) is 1.53. The lowest BCUT2D eigenvalue weighted by Crippen LogP contribution is -2.13. The van der Waals surface area contributed by atoms with Crippen LogP contribution >= 0.6 is 15.9 Å². The number of anilines is 1. The number of nitrogens with one attached hydrogen (secondary N) is 1. The Morgan fingerprint density at radius 3 is 2.72 bits per heavy atom. The Labute approximate surface area is 174 Å². The van der Waals surface area contributed by atoms with Gasteiger partial charge < -0.3 is 14.5 Å². The second-order valence-electron chi connectivity index (χ2n) is 6.44. The van der Waals surface area contributed by atoms with E-state index in [0.717, 1.165) is 10.0 Å². The highest BCUT2D eigenvalue weighted by molar-refractivity contribution is 9.10. The molecule has 0 aliphatic rings. The standard InChI is InChI=1S/C22H16BrFN2O3/c1-12-9-13(23)10-16(20(12)28-2)21(27)25-14-7-8-19-18(11-14)26-22(29-19)15-5-3-4-6-17(15)24/h3-11H,1-2H3,(H,25,27). The van der Waals surface area contributed by atoms with Crippen LogP contribution < -0.4 is 10.1 Å². The molecule has 1 aromatic heterocycles. The Kier molecular flexibility index (Phi) is 5.07. The van der Waals surface area contributed by atoms with Gasteiger partial charge in [0.25, 0.3) is 5.91 Å². The molecule has 4 rings (SSSR count). The molecule has 29 heavy (non-hydrogen) atoms. The van der Waals surface area contributed by atoms with Gasteiger partial charge in [-0.2, -0.15) is 0 Å². The van der Waals surface area contributed by atoms with E-state index in [9.17, 15) is 9.18 Å². The second-order valence-corrected chi connectivity index (χ2v) is 7.35. The van der Waals surface area contributed by atoms with Crippen molar-refractivity contribution in [1.82, 2.24) is 4.98 Å². The van der Waals surface area contributed by atoms with E-state index in [1.807, 2.05) is 13.0 Å². The van der Waals surface area contributed by atoms with Crippen molar-refractivity contribution in [3.8, 4) is 17.2 Å². The fourth-order valence-electron chi connectivity index (χ4n) is 3.12. The topological polar surface area (TPSA) is 64.4 Å². The van der Waals surface area contributed by atoms with Crippen LogP contribution in [0, 0.1) is 12.7 Å². The fraction of sp³-hybridized carbons (Fsp3) is 0.0909. The average Bonchev–Trinajstić information content (AvgIpc) is 3.10. The van der Waals surface area contributed by atoms with E-state index in [-0.39, 0.29) is 17.4 Å². The van der Waals surface area contributed by atoms with Gasteiger partial charge in [0.05, 0.1) is 18.2 Å². The number of rotatable bonds is 4. The molecule has 1 N–H and O–H groups in total. The van der Waals surface area contributed by atoms with Crippen LogP contribution in [0.25, 0.3) is 22.6 Å². The Morgan fingerprint density at radius 2 is 1.97 bits per heavy atom. The molecule has 146 valence electrons. The number of carbonyl (C=O) groups is 1. The minimum atomic E-state index is -0.412. The number of amides is 1. The first-order chi connectivity index (χ1) is 14.0. The van der Waals surface area contributed by atoms with Gasteiger partial charge in [0.2, 0.25) is 5.89 Å². The van der Waals surface area contributed by atoms with Crippen LogP contribution in [0.4, 0.5) is 10.1 Å². The minimum absolute atomic E-state index is 0.186. The molecule has 0 saturated heterocycles. The number of ether oxygens (including phenoxy) is 1. The predicted octanol–water partition coefficient (Wildman–Crippen LogP) is 5.97. The van der Waals surface area contributed by atoms with E-state index in [4.69, 9.17) is 9.15 Å². The Bertz CT molecular complexity index is 1240. The lowest BCUT2D eigenvalue weighted by atomic mass is 10.1. The first-order valence-electron chi connectivity index (χ1n) is 8.77. The Balaban J connectivity index is 1.66. The van der Waals surface area contributed by atoms with Gasteiger partial charge in [0.1, 0.15) is 17.1 Å². The predicted molar refractivity (Wildman–Crippen MR) is 113 cm³/mol. The molecule has 7 heteroatoms. The van der Waals surface area contributed by atoms with Gasteiger partial charge in [-0.1, -0.05) is 28.1 Å². The third-order valence-electron chi connectivity index (χ3n) is 4.44. The summed E-state index contributed by atoms with van der Waals surface area (Å²) >= 11 is 3.40. The summed E-state index contributed by atoms with van der Waals surface area (Å²) in [6, 6.07) is 14.9. The van der Waals surface area contributed by atoms with E-state index in [0.29, 0.717) is 28.1 Å². The number of halogens is 2. The van der Waals surface area contributed by atoms with E-state index in [2.05, 4.69) is 26.2 Å². The molecule has 0 unspecified atom stereocenters. The van der Waals surface area contributed by atoms with Crippen molar-refractivity contribution in [2.45, 2.75) is 6.92 Å². The third kappa shape index (κ3) is 3.73. The normalized spacial score (nSPS) is 10.9. The first kappa shape index (κ1) is 19.1. The van der Waals surface area contributed by atoms with Crippen LogP contribution in [0.3, 0.4) is 0 Å². The maximum Gasteiger partial charge on any atom is 0.259 e. The van der Waals surface area contributed by atoms with Crippen LogP contribution in [0.1, 0.15) is 15.9 Å². The van der Waals surface area contributed by atoms with Gasteiger partial charge in [0, 0.05) is 10.2 Å². The van der Waals surface area contributed by atoms with Crippen molar-refractivity contribution in [3.63, 3.8) is 0 Å². The Morgan fingerprint density at radius 1 is 1.17 bits per heavy atom. The highest BCUT2D eigenvalue weighted by Crippen LogP contribution is 2.30. The SMILES string of the molecule is COc1c(C)cc(Br)cc1C(=O)Nc1ccc2oc(-c3ccccc3F)nc2c1. The van der Waals surface area contributed by atoms with Gasteiger partial charge in [-0.25, -0.2) is 9.37 Å². The maximum atomic E-state index is 14.0. The highest BCUT2D eigenvalue weighted by Gasteiger charge is 2.17. The largest absolute Gasteiger partial charge is 0.496 e. The molecule has 0 radical (unpaired) electrons. The first-order valence-corrected chi connectivity index (χ1v) is 9.56. The van der Waals surface area contributed by atoms with E-state index in [1.165, 1.54) is 13.2 Å². The maximum absolute atomic E-state index is 14.0. The number of nitrogens with zero attached hydrogens (tertiary/aromatic N) is 1. The summed E-state index contributed by atoms with van der Waals surface area (Å²) in [6.07, 6.45) is 0. The minimum Gasteiger partial charge on any atom is -0.496 e. The number of fused-ring (bicyclic) bond motifs is 1. The number of benzene rings is 3. The molecule has 1 amide bonds. The van der Waals surface area contributed by atoms with Crippen LogP contribution in [-0.4, -0.2) is 18.0 Å². The van der Waals surface area contributed by atoms with Crippen LogP contribution in [-0.2, 0) is 0 Å². The number of aromatic nitrogens is 1. The monoisotopic (exact) mass is 454 g/mol. The van der Waals surface area contributed by atoms with Crippen molar-refractivity contribution in [2.75, 3.05) is 12.4 Å². The summed E-state index contributed by atoms with van der Waals surface area (Å²) < 4.78 is 25.8. The number of methoxy groups -OCH3 is 1. The molecule has 3 aromatic carbocycles. The molecular formula is C22H16BrFN2O3. The van der Waals surface area contributed by atoms with Crippen molar-refractivity contribution in [1.29, 1.82) is 0 Å². The quantitative estimate of drug-likeness (QED) is 0.412. The zero-order valence-corrected chi connectivity index (χ0v) is 17.2. The molecule has 0 fully saturated rings. The summed E-state index contributed by atoms with van der Waals surface area (Å²) in [4.78, 5) is 17.2. The summed E-state index contributed by atoms with van der Waals surface area (Å²) in [5, 5.41) is 2.84. The molecule has 1 heterocycles. The zero-order chi connectivity index (χ0) is 20.5. The van der Waals surface area contributed by atoms with Gasteiger partial charge in [-0.15, -0.1) is 0 Å². The lowest BCUT2D eigenvalue weighted by molar-refractivity contribution is 0.102. The van der Waals surface area contributed by atoms with Gasteiger partial charge >= 0.3 is 0 Å². The summed E-state index contributed by atoms with van der Waals surface area (Å²) in [5.74, 6) is -0.0333. The van der Waals surface area contributed by atoms with Crippen molar-refractivity contribution < 1.29 is 18.3 Å². The number of hydrogen-bond donors (Lipinski definition) is 1. The van der Waals surface area contributed by atoms with Crippen LogP contribution in [0.5, 0.6) is 5.75 Å². The fourth-order valence-corrected chi connectivity index (χ4v) is 3.70. The van der Waals surface area contributed by atoms with Crippen LogP contribution in [0.2, 0.25) is 0 Å². The van der Waals surface area contributed by atoms with Crippen molar-refractivity contribution >= 4 is 38.6 Å². The van der Waals surface area contributed by atoms with E-state index >= 15 is 0 Å². The smallest absolute Gasteiger partial charge is 0.259 e. The molecule has 0 aliphatic heterocycles. The van der Waals surface area contributed by atoms with Crippen LogP contribution in [0.15, 0.2) is 63.5 Å². The van der Waals surface area contributed by atoms with E-state index in [1.54, 1.807) is 42.5 Å². The Hall–Kier alpha value is -3.19. The van der Waals surface area contributed by atoms with Crippen molar-refractivity contribution in [2.24, 2.45) is 0 Å².